The number of amides is 1. The van der Waals surface area contributed by atoms with Crippen molar-refractivity contribution in [1.29, 1.82) is 0 Å². The van der Waals surface area contributed by atoms with Crippen molar-refractivity contribution in [3.05, 3.63) is 48.0 Å². The summed E-state index contributed by atoms with van der Waals surface area (Å²) in [5, 5.41) is 3.22. The van der Waals surface area contributed by atoms with Crippen molar-refractivity contribution in [3.8, 4) is 11.5 Å². The molecule has 0 unspecified atom stereocenters. The Morgan fingerprint density at radius 3 is 2.41 bits per heavy atom. The van der Waals surface area contributed by atoms with Gasteiger partial charge in [-0.1, -0.05) is 18.2 Å². The van der Waals surface area contributed by atoms with Gasteiger partial charge in [-0.3, -0.25) is 4.79 Å². The van der Waals surface area contributed by atoms with Crippen molar-refractivity contribution in [2.45, 2.75) is 45.4 Å². The number of oxazole rings is 1. The van der Waals surface area contributed by atoms with Crippen molar-refractivity contribution in [2.75, 3.05) is 5.32 Å². The third-order valence-electron chi connectivity index (χ3n) is 7.54. The molecule has 1 heterocycles. The Bertz CT molecular complexity index is 1080. The number of aryl methyl sites for hydroxylation is 1. The van der Waals surface area contributed by atoms with Crippen LogP contribution in [-0.2, 0) is 4.79 Å². The molecule has 148 valence electrons. The van der Waals surface area contributed by atoms with E-state index >= 15 is 0 Å². The van der Waals surface area contributed by atoms with Crippen LogP contribution in [0.4, 0.5) is 5.69 Å². The predicted octanol–water partition coefficient (Wildman–Crippen LogP) is 5.96. The van der Waals surface area contributed by atoms with E-state index in [0.717, 1.165) is 59.3 Å². The molecule has 3 aromatic rings. The van der Waals surface area contributed by atoms with Gasteiger partial charge in [0.1, 0.15) is 5.52 Å². The summed E-state index contributed by atoms with van der Waals surface area (Å²) >= 11 is 0. The number of aromatic nitrogens is 1. The van der Waals surface area contributed by atoms with Gasteiger partial charge >= 0.3 is 0 Å². The van der Waals surface area contributed by atoms with Crippen LogP contribution in [0.3, 0.4) is 0 Å². The minimum atomic E-state index is -0.141. The Morgan fingerprint density at radius 1 is 1.03 bits per heavy atom. The van der Waals surface area contributed by atoms with Crippen molar-refractivity contribution in [3.63, 3.8) is 0 Å². The fraction of sp³-hybridized carbons (Fsp3) is 0.440. The molecule has 1 aromatic heterocycles. The number of benzene rings is 2. The highest BCUT2D eigenvalue weighted by molar-refractivity contribution is 5.97. The number of hydrogen-bond acceptors (Lipinski definition) is 3. The SMILES string of the molecule is Cc1ccccc1-c1nc2ccc(NC(=O)C34CC5CC(CC(C5)C3)C4)cc2o1. The minimum absolute atomic E-state index is 0.141. The molecular formula is C25H26N2O2. The van der Waals surface area contributed by atoms with Gasteiger partial charge in [-0.15, -0.1) is 0 Å². The van der Waals surface area contributed by atoms with Gasteiger partial charge in [0, 0.05) is 17.3 Å². The van der Waals surface area contributed by atoms with Crippen LogP contribution in [0.25, 0.3) is 22.6 Å². The first-order chi connectivity index (χ1) is 14.1. The van der Waals surface area contributed by atoms with E-state index < -0.39 is 0 Å². The molecule has 4 aliphatic carbocycles. The number of carbonyl (C=O) groups excluding carboxylic acids is 1. The molecule has 0 radical (unpaired) electrons. The van der Waals surface area contributed by atoms with Crippen LogP contribution >= 0.6 is 0 Å². The Hall–Kier alpha value is -2.62. The maximum Gasteiger partial charge on any atom is 0.230 e. The summed E-state index contributed by atoms with van der Waals surface area (Å²) in [6.45, 7) is 2.06. The highest BCUT2D eigenvalue weighted by Crippen LogP contribution is 2.60. The molecule has 0 saturated heterocycles. The average Bonchev–Trinajstić information content (AvgIpc) is 3.10. The molecule has 2 aromatic carbocycles. The molecule has 0 aliphatic heterocycles. The van der Waals surface area contributed by atoms with E-state index in [1.54, 1.807) is 0 Å². The Balaban J connectivity index is 1.28. The number of anilines is 1. The lowest BCUT2D eigenvalue weighted by Gasteiger charge is -2.55. The van der Waals surface area contributed by atoms with Crippen LogP contribution in [0.15, 0.2) is 46.9 Å². The maximum absolute atomic E-state index is 13.3. The van der Waals surface area contributed by atoms with E-state index in [-0.39, 0.29) is 11.3 Å². The topological polar surface area (TPSA) is 55.1 Å². The van der Waals surface area contributed by atoms with Gasteiger partial charge in [0.15, 0.2) is 5.58 Å². The lowest BCUT2D eigenvalue weighted by molar-refractivity contribution is -0.140. The van der Waals surface area contributed by atoms with E-state index in [2.05, 4.69) is 23.3 Å². The number of nitrogens with zero attached hydrogens (tertiary/aromatic N) is 1. The minimum Gasteiger partial charge on any atom is -0.436 e. The molecule has 4 bridgehead atoms. The van der Waals surface area contributed by atoms with E-state index in [1.807, 2.05) is 36.4 Å². The number of rotatable bonds is 3. The van der Waals surface area contributed by atoms with E-state index in [1.165, 1.54) is 19.3 Å². The smallest absolute Gasteiger partial charge is 0.230 e. The Morgan fingerprint density at radius 2 is 1.72 bits per heavy atom. The Kier molecular flexibility index (Phi) is 3.68. The zero-order valence-electron chi connectivity index (χ0n) is 16.8. The second kappa shape index (κ2) is 6.19. The van der Waals surface area contributed by atoms with E-state index in [0.29, 0.717) is 11.5 Å². The van der Waals surface area contributed by atoms with Gasteiger partial charge < -0.3 is 9.73 Å². The van der Waals surface area contributed by atoms with Crippen LogP contribution in [0.1, 0.15) is 44.1 Å². The molecule has 0 atom stereocenters. The third kappa shape index (κ3) is 2.80. The van der Waals surface area contributed by atoms with E-state index in [9.17, 15) is 4.79 Å². The van der Waals surface area contributed by atoms with Crippen LogP contribution in [-0.4, -0.2) is 10.9 Å². The lowest BCUT2D eigenvalue weighted by atomic mass is 9.49. The zero-order valence-corrected chi connectivity index (χ0v) is 16.8. The van der Waals surface area contributed by atoms with Gasteiger partial charge in [-0.05, 0) is 87.0 Å². The van der Waals surface area contributed by atoms with Crippen molar-refractivity contribution < 1.29 is 9.21 Å². The Labute approximate surface area is 170 Å². The van der Waals surface area contributed by atoms with Gasteiger partial charge in [-0.2, -0.15) is 0 Å². The molecule has 4 aliphatic rings. The van der Waals surface area contributed by atoms with Gasteiger partial charge in [0.05, 0.1) is 5.41 Å². The van der Waals surface area contributed by atoms with Gasteiger partial charge in [0.2, 0.25) is 11.8 Å². The second-order valence-electron chi connectivity index (χ2n) is 9.67. The fourth-order valence-corrected chi connectivity index (χ4v) is 6.58. The highest BCUT2D eigenvalue weighted by Gasteiger charge is 2.54. The fourth-order valence-electron chi connectivity index (χ4n) is 6.58. The van der Waals surface area contributed by atoms with Crippen LogP contribution < -0.4 is 5.32 Å². The largest absolute Gasteiger partial charge is 0.436 e. The average molecular weight is 386 g/mol. The molecule has 1 amide bonds. The third-order valence-corrected chi connectivity index (χ3v) is 7.54. The first-order valence-electron chi connectivity index (χ1n) is 10.9. The zero-order chi connectivity index (χ0) is 19.6. The number of fused-ring (bicyclic) bond motifs is 1. The molecule has 4 heteroatoms. The van der Waals surface area contributed by atoms with Crippen LogP contribution in [0, 0.1) is 30.1 Å². The molecule has 7 rings (SSSR count). The van der Waals surface area contributed by atoms with Crippen molar-refractivity contribution in [2.24, 2.45) is 23.2 Å². The number of carbonyl (C=O) groups is 1. The summed E-state index contributed by atoms with van der Waals surface area (Å²) in [7, 11) is 0. The van der Waals surface area contributed by atoms with Crippen molar-refractivity contribution >= 4 is 22.7 Å². The van der Waals surface area contributed by atoms with Crippen molar-refractivity contribution in [1.82, 2.24) is 4.98 Å². The lowest BCUT2D eigenvalue weighted by Crippen LogP contribution is -2.51. The van der Waals surface area contributed by atoms with Crippen LogP contribution in [0.5, 0.6) is 0 Å². The molecular weight excluding hydrogens is 360 g/mol. The highest BCUT2D eigenvalue weighted by atomic mass is 16.3. The van der Waals surface area contributed by atoms with Gasteiger partial charge in [0.25, 0.3) is 0 Å². The second-order valence-corrected chi connectivity index (χ2v) is 9.67. The molecule has 0 spiro atoms. The monoisotopic (exact) mass is 386 g/mol. The molecule has 1 N–H and O–H groups in total. The standard InChI is InChI=1S/C25H26N2O2/c1-15-4-2-3-5-20(15)23-27-21-7-6-19(11-22(21)29-23)26-24(28)25-12-16-8-17(13-25)10-18(9-16)14-25/h2-7,11,16-18H,8-10,12-14H2,1H3,(H,26,28). The summed E-state index contributed by atoms with van der Waals surface area (Å²) in [5.74, 6) is 3.14. The van der Waals surface area contributed by atoms with E-state index in [4.69, 9.17) is 4.42 Å². The molecule has 4 nitrogen and oxygen atoms in total. The van der Waals surface area contributed by atoms with Gasteiger partial charge in [-0.25, -0.2) is 4.98 Å². The normalized spacial score (nSPS) is 30.0. The summed E-state index contributed by atoms with van der Waals surface area (Å²) in [6.07, 6.45) is 7.27. The number of hydrogen-bond donors (Lipinski definition) is 1. The summed E-state index contributed by atoms with van der Waals surface area (Å²) in [4.78, 5) is 18.0. The molecule has 4 fully saturated rings. The summed E-state index contributed by atoms with van der Waals surface area (Å²) in [5.41, 5.74) is 4.34. The first kappa shape index (κ1) is 17.3. The summed E-state index contributed by atoms with van der Waals surface area (Å²) in [6, 6.07) is 13.9. The quantitative estimate of drug-likeness (QED) is 0.604. The molecule has 29 heavy (non-hydrogen) atoms. The maximum atomic E-state index is 13.3. The summed E-state index contributed by atoms with van der Waals surface area (Å²) < 4.78 is 6.04. The first-order valence-corrected chi connectivity index (χ1v) is 10.9. The predicted molar refractivity (Wildman–Crippen MR) is 113 cm³/mol. The van der Waals surface area contributed by atoms with Crippen LogP contribution in [0.2, 0.25) is 0 Å². The number of nitrogens with one attached hydrogen (secondary N) is 1. The molecule has 4 saturated carbocycles.